The molecular formula is C21H29N5O. The van der Waals surface area contributed by atoms with Crippen LogP contribution in [0.5, 0.6) is 0 Å². The number of hydrogen-bond acceptors (Lipinski definition) is 5. The molecule has 0 bridgehead atoms. The zero-order valence-electron chi connectivity index (χ0n) is 16.5. The van der Waals surface area contributed by atoms with Gasteiger partial charge in [-0.15, -0.1) is 0 Å². The molecule has 6 nitrogen and oxygen atoms in total. The van der Waals surface area contributed by atoms with Gasteiger partial charge in [-0.3, -0.25) is 4.79 Å². The van der Waals surface area contributed by atoms with Gasteiger partial charge >= 0.3 is 0 Å². The van der Waals surface area contributed by atoms with Crippen LogP contribution in [0.25, 0.3) is 0 Å². The zero-order chi connectivity index (χ0) is 19.2. The fourth-order valence-corrected chi connectivity index (χ4v) is 3.19. The number of aromatic nitrogens is 2. The first-order valence-corrected chi connectivity index (χ1v) is 9.77. The molecule has 27 heavy (non-hydrogen) atoms. The van der Waals surface area contributed by atoms with E-state index in [1.165, 1.54) is 18.5 Å². The predicted molar refractivity (Wildman–Crippen MR) is 111 cm³/mol. The van der Waals surface area contributed by atoms with Crippen LogP contribution in [0.2, 0.25) is 0 Å². The van der Waals surface area contributed by atoms with Crippen LogP contribution in [0.1, 0.15) is 49.4 Å². The minimum Gasteiger partial charge on any atom is -0.372 e. The summed E-state index contributed by atoms with van der Waals surface area (Å²) in [5.74, 6) is 1.67. The summed E-state index contributed by atoms with van der Waals surface area (Å²) in [6.07, 6.45) is 3.55. The molecule has 1 fully saturated rings. The fraction of sp³-hybridized carbons (Fsp3) is 0.476. The van der Waals surface area contributed by atoms with Gasteiger partial charge in [0.25, 0.3) is 5.91 Å². The summed E-state index contributed by atoms with van der Waals surface area (Å²) in [5, 5.41) is 6.21. The number of aryl methyl sites for hydroxylation is 1. The third kappa shape index (κ3) is 5.42. The Kier molecular flexibility index (Phi) is 6.27. The predicted octanol–water partition coefficient (Wildman–Crippen LogP) is 4.10. The number of amides is 1. The average molecular weight is 367 g/mol. The maximum absolute atomic E-state index is 12.6. The van der Waals surface area contributed by atoms with Crippen molar-refractivity contribution in [2.24, 2.45) is 5.92 Å². The maximum atomic E-state index is 12.6. The van der Waals surface area contributed by atoms with Crippen molar-refractivity contribution in [3.05, 3.63) is 41.9 Å². The third-order valence-corrected chi connectivity index (χ3v) is 4.69. The second-order valence-electron chi connectivity index (χ2n) is 7.49. The lowest BCUT2D eigenvalue weighted by atomic mass is 10.1. The fourth-order valence-electron chi connectivity index (χ4n) is 3.19. The van der Waals surface area contributed by atoms with E-state index in [2.05, 4.69) is 51.5 Å². The lowest BCUT2D eigenvalue weighted by Gasteiger charge is -2.17. The SMILES string of the molecule is Cc1nc(NCCC(C)C)cc(C(=O)Nc2ccc(N3CCCC3)cc2)n1. The smallest absolute Gasteiger partial charge is 0.274 e. The zero-order valence-corrected chi connectivity index (χ0v) is 16.5. The lowest BCUT2D eigenvalue weighted by molar-refractivity contribution is 0.102. The van der Waals surface area contributed by atoms with E-state index in [1.807, 2.05) is 12.1 Å². The molecule has 2 aromatic rings. The van der Waals surface area contributed by atoms with Crippen LogP contribution in [-0.4, -0.2) is 35.5 Å². The van der Waals surface area contributed by atoms with Crippen molar-refractivity contribution in [2.45, 2.75) is 40.0 Å². The summed E-state index contributed by atoms with van der Waals surface area (Å²) in [5.41, 5.74) is 2.35. The number of benzene rings is 1. The van der Waals surface area contributed by atoms with Gasteiger partial charge in [0.1, 0.15) is 17.3 Å². The third-order valence-electron chi connectivity index (χ3n) is 4.69. The molecular weight excluding hydrogens is 338 g/mol. The van der Waals surface area contributed by atoms with Crippen LogP contribution in [0.3, 0.4) is 0 Å². The molecule has 0 aliphatic carbocycles. The van der Waals surface area contributed by atoms with Gasteiger partial charge < -0.3 is 15.5 Å². The van der Waals surface area contributed by atoms with Gasteiger partial charge in [0.2, 0.25) is 0 Å². The van der Waals surface area contributed by atoms with Crippen molar-refractivity contribution in [1.82, 2.24) is 9.97 Å². The standard InChI is InChI=1S/C21H29N5O/c1-15(2)10-11-22-20-14-19(23-16(3)24-20)21(27)25-17-6-8-18(9-7-17)26-12-4-5-13-26/h6-9,14-15H,4-5,10-13H2,1-3H3,(H,25,27)(H,22,23,24). The molecule has 1 saturated heterocycles. The number of nitrogens with zero attached hydrogens (tertiary/aromatic N) is 3. The van der Waals surface area contributed by atoms with Crippen LogP contribution in [0.4, 0.5) is 17.2 Å². The molecule has 144 valence electrons. The van der Waals surface area contributed by atoms with E-state index in [4.69, 9.17) is 0 Å². The number of rotatable bonds is 7. The molecule has 1 amide bonds. The van der Waals surface area contributed by atoms with E-state index in [0.717, 1.165) is 31.7 Å². The molecule has 1 aliphatic rings. The van der Waals surface area contributed by atoms with Crippen molar-refractivity contribution in [3.63, 3.8) is 0 Å². The van der Waals surface area contributed by atoms with Gasteiger partial charge in [0, 0.05) is 37.1 Å². The van der Waals surface area contributed by atoms with Gasteiger partial charge in [-0.25, -0.2) is 9.97 Å². The summed E-state index contributed by atoms with van der Waals surface area (Å²) < 4.78 is 0. The van der Waals surface area contributed by atoms with Crippen molar-refractivity contribution in [3.8, 4) is 0 Å². The van der Waals surface area contributed by atoms with E-state index < -0.39 is 0 Å². The van der Waals surface area contributed by atoms with Gasteiger partial charge in [0.05, 0.1) is 0 Å². The quantitative estimate of drug-likeness (QED) is 0.771. The Morgan fingerprint density at radius 2 is 1.85 bits per heavy atom. The van der Waals surface area contributed by atoms with Crippen molar-refractivity contribution < 1.29 is 4.79 Å². The Morgan fingerprint density at radius 1 is 1.15 bits per heavy atom. The molecule has 0 spiro atoms. The highest BCUT2D eigenvalue weighted by atomic mass is 16.1. The van der Waals surface area contributed by atoms with E-state index in [1.54, 1.807) is 13.0 Å². The van der Waals surface area contributed by atoms with E-state index in [0.29, 0.717) is 23.3 Å². The number of hydrogen-bond donors (Lipinski definition) is 2. The molecule has 1 aromatic heterocycles. The Balaban J connectivity index is 1.63. The monoisotopic (exact) mass is 367 g/mol. The summed E-state index contributed by atoms with van der Waals surface area (Å²) in [4.78, 5) is 23.6. The van der Waals surface area contributed by atoms with E-state index >= 15 is 0 Å². The van der Waals surface area contributed by atoms with Gasteiger partial charge in [-0.2, -0.15) is 0 Å². The second kappa shape index (κ2) is 8.84. The highest BCUT2D eigenvalue weighted by Gasteiger charge is 2.14. The normalized spacial score (nSPS) is 13.9. The van der Waals surface area contributed by atoms with Crippen LogP contribution in [-0.2, 0) is 0 Å². The Morgan fingerprint density at radius 3 is 2.52 bits per heavy atom. The van der Waals surface area contributed by atoms with Crippen LogP contribution in [0, 0.1) is 12.8 Å². The summed E-state index contributed by atoms with van der Waals surface area (Å²) in [6, 6.07) is 9.72. The first-order chi connectivity index (χ1) is 13.0. The first-order valence-electron chi connectivity index (χ1n) is 9.77. The number of carbonyl (C=O) groups excluding carboxylic acids is 1. The Bertz CT molecular complexity index is 767. The van der Waals surface area contributed by atoms with Crippen LogP contribution >= 0.6 is 0 Å². The molecule has 2 N–H and O–H groups in total. The van der Waals surface area contributed by atoms with Gasteiger partial charge in [0.15, 0.2) is 0 Å². The van der Waals surface area contributed by atoms with Crippen molar-refractivity contribution in [1.29, 1.82) is 0 Å². The number of anilines is 3. The lowest BCUT2D eigenvalue weighted by Crippen LogP contribution is -2.18. The molecule has 1 aromatic carbocycles. The molecule has 0 unspecified atom stereocenters. The molecule has 0 atom stereocenters. The molecule has 2 heterocycles. The topological polar surface area (TPSA) is 70.2 Å². The van der Waals surface area contributed by atoms with Crippen molar-refractivity contribution >= 4 is 23.1 Å². The summed E-state index contributed by atoms with van der Waals surface area (Å²) in [6.45, 7) is 9.21. The van der Waals surface area contributed by atoms with Crippen LogP contribution in [0.15, 0.2) is 30.3 Å². The molecule has 0 saturated carbocycles. The number of nitrogens with one attached hydrogen (secondary N) is 2. The molecule has 1 aliphatic heterocycles. The Labute approximate surface area is 161 Å². The first kappa shape index (κ1) is 19.1. The highest BCUT2D eigenvalue weighted by Crippen LogP contribution is 2.22. The van der Waals surface area contributed by atoms with Crippen LogP contribution < -0.4 is 15.5 Å². The molecule has 0 radical (unpaired) electrons. The van der Waals surface area contributed by atoms with Crippen molar-refractivity contribution in [2.75, 3.05) is 35.2 Å². The Hall–Kier alpha value is -2.63. The highest BCUT2D eigenvalue weighted by molar-refractivity contribution is 6.03. The number of carbonyl (C=O) groups is 1. The minimum atomic E-state index is -0.221. The summed E-state index contributed by atoms with van der Waals surface area (Å²) in [7, 11) is 0. The molecule has 6 heteroatoms. The van der Waals surface area contributed by atoms with E-state index in [-0.39, 0.29) is 5.91 Å². The van der Waals surface area contributed by atoms with Gasteiger partial charge in [-0.05, 0) is 56.4 Å². The second-order valence-corrected chi connectivity index (χ2v) is 7.49. The summed E-state index contributed by atoms with van der Waals surface area (Å²) >= 11 is 0. The largest absolute Gasteiger partial charge is 0.372 e. The van der Waals surface area contributed by atoms with E-state index in [9.17, 15) is 4.79 Å². The minimum absolute atomic E-state index is 0.221. The van der Waals surface area contributed by atoms with Gasteiger partial charge in [-0.1, -0.05) is 13.8 Å². The average Bonchev–Trinajstić information content (AvgIpc) is 3.16. The maximum Gasteiger partial charge on any atom is 0.274 e. The molecule has 3 rings (SSSR count).